The van der Waals surface area contributed by atoms with E-state index in [1.807, 2.05) is 0 Å². The standard InChI is InChI=1S/C48H94N2O5/c1-7-10-13-16-18-27-34-41-54-46(52)37-30-23-19-25-32-39-50(43-48(5,6)42-49-44(4)51)40-33-26-20-24-31-38-47(53)55-45(35-28-21-15-12-9-3)36-29-22-17-14-11-8-2/h45H,7-43H2,1-6H3,(H,49,51). The van der Waals surface area contributed by atoms with Crippen LogP contribution in [0.5, 0.6) is 0 Å². The van der Waals surface area contributed by atoms with Crippen molar-refractivity contribution in [3.63, 3.8) is 0 Å². The summed E-state index contributed by atoms with van der Waals surface area (Å²) in [5.74, 6) is 0.00575. The molecule has 1 N–H and O–H groups in total. The SMILES string of the molecule is CCCCCCCCCOC(=O)CCCCCCCN(CCCCCCCC(=O)OC(CCCCCCC)CCCCCCCC)CC(C)(C)CNC(C)=O. The summed E-state index contributed by atoms with van der Waals surface area (Å²) in [6.07, 6.45) is 36.8. The van der Waals surface area contributed by atoms with Crippen molar-refractivity contribution in [1.29, 1.82) is 0 Å². The lowest BCUT2D eigenvalue weighted by molar-refractivity contribution is -0.150. The van der Waals surface area contributed by atoms with E-state index in [2.05, 4.69) is 44.8 Å². The van der Waals surface area contributed by atoms with Crippen molar-refractivity contribution in [2.45, 2.75) is 253 Å². The Bertz CT molecular complexity index is 878. The summed E-state index contributed by atoms with van der Waals surface area (Å²) < 4.78 is 11.5. The Morgan fingerprint density at radius 3 is 1.40 bits per heavy atom. The van der Waals surface area contributed by atoms with Crippen LogP contribution in [0.3, 0.4) is 0 Å². The van der Waals surface area contributed by atoms with Crippen molar-refractivity contribution in [3.05, 3.63) is 0 Å². The zero-order chi connectivity index (χ0) is 40.7. The minimum Gasteiger partial charge on any atom is -0.466 e. The topological polar surface area (TPSA) is 84.9 Å². The number of rotatable bonds is 42. The Hall–Kier alpha value is -1.63. The van der Waals surface area contributed by atoms with E-state index in [1.54, 1.807) is 6.92 Å². The highest BCUT2D eigenvalue weighted by molar-refractivity contribution is 5.72. The first-order valence-corrected chi connectivity index (χ1v) is 23.9. The molecule has 1 atom stereocenters. The van der Waals surface area contributed by atoms with Gasteiger partial charge in [0.1, 0.15) is 6.10 Å². The summed E-state index contributed by atoms with van der Waals surface area (Å²) in [5.41, 5.74) is 0.00383. The van der Waals surface area contributed by atoms with Gasteiger partial charge in [0, 0.05) is 32.9 Å². The first-order valence-electron chi connectivity index (χ1n) is 23.9. The predicted octanol–water partition coefficient (Wildman–Crippen LogP) is 13.4. The van der Waals surface area contributed by atoms with Gasteiger partial charge in [0.05, 0.1) is 6.61 Å². The van der Waals surface area contributed by atoms with Crippen LogP contribution in [0.2, 0.25) is 0 Å². The molecule has 0 aliphatic heterocycles. The smallest absolute Gasteiger partial charge is 0.306 e. The molecule has 0 saturated heterocycles. The third kappa shape index (κ3) is 39.0. The summed E-state index contributed by atoms with van der Waals surface area (Å²) in [7, 11) is 0. The molecule has 0 heterocycles. The molecule has 326 valence electrons. The Kier molecular flexibility index (Phi) is 38.0. The number of carbonyl (C=O) groups is 3. The molecule has 0 aliphatic carbocycles. The van der Waals surface area contributed by atoms with Crippen molar-refractivity contribution < 1.29 is 23.9 Å². The van der Waals surface area contributed by atoms with Crippen LogP contribution in [0.15, 0.2) is 0 Å². The van der Waals surface area contributed by atoms with Crippen LogP contribution in [0, 0.1) is 5.41 Å². The molecule has 0 aromatic carbocycles. The number of esters is 2. The number of amides is 1. The molecule has 0 fully saturated rings. The van der Waals surface area contributed by atoms with Gasteiger partial charge in [-0.1, -0.05) is 169 Å². The van der Waals surface area contributed by atoms with Crippen molar-refractivity contribution in [2.75, 3.05) is 32.8 Å². The van der Waals surface area contributed by atoms with E-state index in [0.29, 0.717) is 26.0 Å². The van der Waals surface area contributed by atoms with Crippen molar-refractivity contribution in [1.82, 2.24) is 10.2 Å². The van der Waals surface area contributed by atoms with Gasteiger partial charge < -0.3 is 19.7 Å². The van der Waals surface area contributed by atoms with Gasteiger partial charge in [-0.3, -0.25) is 14.4 Å². The zero-order valence-corrected chi connectivity index (χ0v) is 37.7. The number of nitrogens with zero attached hydrogens (tertiary/aromatic N) is 1. The molecule has 55 heavy (non-hydrogen) atoms. The van der Waals surface area contributed by atoms with E-state index in [9.17, 15) is 14.4 Å². The maximum absolute atomic E-state index is 12.8. The number of unbranched alkanes of at least 4 members (excludes halogenated alkanes) is 23. The molecule has 0 aliphatic rings. The van der Waals surface area contributed by atoms with Gasteiger partial charge in [0.25, 0.3) is 0 Å². The number of hydrogen-bond donors (Lipinski definition) is 1. The largest absolute Gasteiger partial charge is 0.466 e. The van der Waals surface area contributed by atoms with Crippen LogP contribution in [0.4, 0.5) is 0 Å². The van der Waals surface area contributed by atoms with Gasteiger partial charge in [-0.05, 0) is 76.3 Å². The van der Waals surface area contributed by atoms with Gasteiger partial charge in [0.2, 0.25) is 5.91 Å². The molecule has 1 amide bonds. The fourth-order valence-corrected chi connectivity index (χ4v) is 7.52. The highest BCUT2D eigenvalue weighted by atomic mass is 16.5. The first-order chi connectivity index (χ1) is 26.6. The minimum atomic E-state index is -0.0329. The third-order valence-electron chi connectivity index (χ3n) is 11.0. The monoisotopic (exact) mass is 779 g/mol. The van der Waals surface area contributed by atoms with Crippen LogP contribution in [0.1, 0.15) is 247 Å². The molecule has 0 radical (unpaired) electrons. The molecule has 7 nitrogen and oxygen atoms in total. The molecule has 0 saturated carbocycles. The third-order valence-corrected chi connectivity index (χ3v) is 11.0. The number of ether oxygens (including phenoxy) is 2. The fourth-order valence-electron chi connectivity index (χ4n) is 7.52. The van der Waals surface area contributed by atoms with Gasteiger partial charge in [-0.2, -0.15) is 0 Å². The highest BCUT2D eigenvalue weighted by Crippen LogP contribution is 2.20. The Morgan fingerprint density at radius 2 is 0.927 bits per heavy atom. The fraction of sp³-hybridized carbons (Fsp3) is 0.938. The lowest BCUT2D eigenvalue weighted by Crippen LogP contribution is -2.42. The lowest BCUT2D eigenvalue weighted by atomic mass is 9.92. The normalized spacial score (nSPS) is 12.3. The molecule has 0 bridgehead atoms. The number of hydrogen-bond acceptors (Lipinski definition) is 6. The second-order valence-electron chi connectivity index (χ2n) is 17.6. The van der Waals surface area contributed by atoms with Crippen molar-refractivity contribution in [2.24, 2.45) is 5.41 Å². The quantitative estimate of drug-likeness (QED) is 0.0491. The average molecular weight is 779 g/mol. The average Bonchev–Trinajstić information content (AvgIpc) is 3.15. The van der Waals surface area contributed by atoms with E-state index in [4.69, 9.17) is 9.47 Å². The van der Waals surface area contributed by atoms with Crippen LogP contribution < -0.4 is 5.32 Å². The maximum atomic E-state index is 12.8. The highest BCUT2D eigenvalue weighted by Gasteiger charge is 2.22. The molecule has 0 aromatic rings. The Labute approximate surface area is 342 Å². The van der Waals surface area contributed by atoms with Crippen LogP contribution in [-0.2, 0) is 23.9 Å². The van der Waals surface area contributed by atoms with Gasteiger partial charge in [-0.15, -0.1) is 0 Å². The second-order valence-corrected chi connectivity index (χ2v) is 17.6. The van der Waals surface area contributed by atoms with E-state index in [-0.39, 0.29) is 29.4 Å². The van der Waals surface area contributed by atoms with E-state index < -0.39 is 0 Å². The van der Waals surface area contributed by atoms with E-state index in [0.717, 1.165) is 96.7 Å². The lowest BCUT2D eigenvalue weighted by Gasteiger charge is -2.33. The van der Waals surface area contributed by atoms with Gasteiger partial charge >= 0.3 is 11.9 Å². The molecule has 0 spiro atoms. The summed E-state index contributed by atoms with van der Waals surface area (Å²) in [6.45, 7) is 17.2. The summed E-state index contributed by atoms with van der Waals surface area (Å²) in [4.78, 5) is 39.1. The van der Waals surface area contributed by atoms with E-state index in [1.165, 1.54) is 116 Å². The zero-order valence-electron chi connectivity index (χ0n) is 37.7. The molecule has 1 unspecified atom stereocenters. The molecular weight excluding hydrogens is 685 g/mol. The summed E-state index contributed by atoms with van der Waals surface area (Å²) >= 11 is 0. The molecule has 0 rings (SSSR count). The second kappa shape index (κ2) is 39.2. The van der Waals surface area contributed by atoms with Crippen molar-refractivity contribution >= 4 is 17.8 Å². The molecule has 0 aromatic heterocycles. The van der Waals surface area contributed by atoms with Crippen LogP contribution >= 0.6 is 0 Å². The minimum absolute atomic E-state index is 0.00383. The Balaban J connectivity index is 4.42. The maximum Gasteiger partial charge on any atom is 0.306 e. The summed E-state index contributed by atoms with van der Waals surface area (Å²) in [5, 5.41) is 3.02. The van der Waals surface area contributed by atoms with Crippen molar-refractivity contribution in [3.8, 4) is 0 Å². The van der Waals surface area contributed by atoms with Gasteiger partial charge in [-0.25, -0.2) is 0 Å². The number of nitrogens with one attached hydrogen (secondary N) is 1. The summed E-state index contributed by atoms with van der Waals surface area (Å²) in [6, 6.07) is 0. The molecular formula is C48H94N2O5. The molecule has 7 heteroatoms. The van der Waals surface area contributed by atoms with Crippen LogP contribution in [-0.4, -0.2) is 61.6 Å². The van der Waals surface area contributed by atoms with E-state index >= 15 is 0 Å². The van der Waals surface area contributed by atoms with Gasteiger partial charge in [0.15, 0.2) is 0 Å². The number of carbonyl (C=O) groups excluding carboxylic acids is 3. The predicted molar refractivity (Wildman–Crippen MR) is 235 cm³/mol. The van der Waals surface area contributed by atoms with Crippen LogP contribution in [0.25, 0.3) is 0 Å². The first kappa shape index (κ1) is 53.4. The Morgan fingerprint density at radius 1 is 0.527 bits per heavy atom.